The Labute approximate surface area is 408 Å². The highest BCUT2D eigenvalue weighted by Gasteiger charge is 2.17. The van der Waals surface area contributed by atoms with Crippen molar-refractivity contribution in [2.24, 2.45) is 0 Å². The van der Waals surface area contributed by atoms with Crippen molar-refractivity contribution in [3.8, 4) is 23.0 Å². The Kier molecular flexibility index (Phi) is 22.9. The predicted molar refractivity (Wildman–Crippen MR) is 277 cm³/mol. The minimum atomic E-state index is -0.579. The number of nitrogens with zero attached hydrogens (tertiary/aromatic N) is 1. The molecule has 0 aromatic heterocycles. The SMILES string of the molecule is CCCCCCCCCCCOc1ccc(/C=C/c2ccc(C(=O)Oc3cccc(OC(=O)c4ccc(/C=C/c5ccc(OCCCCCCCCCC)c(Cl)c5)cc4)c3C)cc2)cc1[N+](=O)[O-]. The van der Waals surface area contributed by atoms with Gasteiger partial charge in [-0.15, -0.1) is 0 Å². The largest absolute Gasteiger partial charge is 0.492 e. The van der Waals surface area contributed by atoms with Crippen molar-refractivity contribution < 1.29 is 33.5 Å². The van der Waals surface area contributed by atoms with Gasteiger partial charge in [0.15, 0.2) is 5.75 Å². The van der Waals surface area contributed by atoms with Gasteiger partial charge >= 0.3 is 17.6 Å². The summed E-state index contributed by atoms with van der Waals surface area (Å²) in [6, 6.07) is 29.5. The van der Waals surface area contributed by atoms with Gasteiger partial charge in [-0.05, 0) is 96.6 Å². The van der Waals surface area contributed by atoms with Crippen LogP contribution in [0.4, 0.5) is 5.69 Å². The van der Waals surface area contributed by atoms with Crippen molar-refractivity contribution in [2.75, 3.05) is 13.2 Å². The first-order chi connectivity index (χ1) is 33.1. The lowest BCUT2D eigenvalue weighted by atomic mass is 10.1. The summed E-state index contributed by atoms with van der Waals surface area (Å²) in [5.41, 5.74) is 4.35. The van der Waals surface area contributed by atoms with Crippen LogP contribution in [0, 0.1) is 17.0 Å². The van der Waals surface area contributed by atoms with E-state index in [-0.39, 0.29) is 22.9 Å². The summed E-state index contributed by atoms with van der Waals surface area (Å²) in [6.45, 7) is 7.27. The molecule has 0 fully saturated rings. The molecule has 0 aliphatic carbocycles. The molecule has 360 valence electrons. The maximum atomic E-state index is 13.2. The summed E-state index contributed by atoms with van der Waals surface area (Å²) in [7, 11) is 0. The molecule has 0 atom stereocenters. The number of nitro benzene ring substituents is 1. The second-order valence-corrected chi connectivity index (χ2v) is 17.7. The van der Waals surface area contributed by atoms with Crippen molar-refractivity contribution in [3.05, 3.63) is 157 Å². The summed E-state index contributed by atoms with van der Waals surface area (Å²) in [4.78, 5) is 37.8. The number of esters is 2. The fourth-order valence-corrected chi connectivity index (χ4v) is 7.88. The highest BCUT2D eigenvalue weighted by Crippen LogP contribution is 2.31. The third kappa shape index (κ3) is 18.1. The molecule has 0 aliphatic heterocycles. The molecule has 5 aromatic carbocycles. The van der Waals surface area contributed by atoms with Gasteiger partial charge in [-0.1, -0.05) is 189 Å². The normalized spacial score (nSPS) is 11.3. The van der Waals surface area contributed by atoms with E-state index in [1.807, 2.05) is 48.6 Å². The van der Waals surface area contributed by atoms with Crippen LogP contribution in [0.2, 0.25) is 5.02 Å². The lowest BCUT2D eigenvalue weighted by Crippen LogP contribution is -2.12. The van der Waals surface area contributed by atoms with Crippen molar-refractivity contribution in [3.63, 3.8) is 0 Å². The van der Waals surface area contributed by atoms with Gasteiger partial charge in [-0.3, -0.25) is 10.1 Å². The van der Waals surface area contributed by atoms with Crippen LogP contribution in [-0.4, -0.2) is 30.1 Å². The molecule has 10 heteroatoms. The molecule has 0 radical (unpaired) electrons. The van der Waals surface area contributed by atoms with Crippen molar-refractivity contribution in [2.45, 2.75) is 130 Å². The first-order valence-corrected chi connectivity index (χ1v) is 25.0. The van der Waals surface area contributed by atoms with Gasteiger partial charge in [0.1, 0.15) is 17.2 Å². The topological polar surface area (TPSA) is 114 Å². The quantitative estimate of drug-likeness (QED) is 0.0112. The van der Waals surface area contributed by atoms with E-state index >= 15 is 0 Å². The second kappa shape index (κ2) is 29.5. The molecule has 0 unspecified atom stereocenters. The number of rotatable bonds is 30. The molecule has 0 saturated heterocycles. The average Bonchev–Trinajstić information content (AvgIpc) is 3.34. The number of halogens is 1. The summed E-state index contributed by atoms with van der Waals surface area (Å²) in [5, 5.41) is 12.4. The molecule has 5 rings (SSSR count). The Morgan fingerprint density at radius 3 is 1.32 bits per heavy atom. The third-order valence-electron chi connectivity index (χ3n) is 11.8. The van der Waals surface area contributed by atoms with E-state index in [2.05, 4.69) is 13.8 Å². The zero-order valence-electron chi connectivity index (χ0n) is 40.2. The van der Waals surface area contributed by atoms with Crippen LogP contribution in [-0.2, 0) is 0 Å². The highest BCUT2D eigenvalue weighted by atomic mass is 35.5. The van der Waals surface area contributed by atoms with E-state index in [4.69, 9.17) is 30.5 Å². The standard InChI is InChI=1S/C58H68ClNO8/c1-4-6-8-10-12-14-16-18-20-41-66-56-39-33-48(43-52(56)60(63)64)27-25-46-30-36-50(37-31-46)58(62)68-54-23-21-22-53(44(54)3)67-57(61)49-34-28-45(29-35-49)24-26-47-32-38-55(51(59)42-47)65-40-19-17-15-13-11-9-7-5-2/h21-39,42-43H,4-20,40-41H2,1-3H3/b26-24+,27-25+. The van der Waals surface area contributed by atoms with Crippen LogP contribution in [0.1, 0.15) is 172 Å². The van der Waals surface area contributed by atoms with E-state index in [1.165, 1.54) is 83.1 Å². The number of benzene rings is 5. The summed E-state index contributed by atoms with van der Waals surface area (Å²) in [6.07, 6.45) is 28.1. The van der Waals surface area contributed by atoms with Gasteiger partial charge in [-0.2, -0.15) is 0 Å². The number of nitro groups is 1. The van der Waals surface area contributed by atoms with Crippen LogP contribution < -0.4 is 18.9 Å². The number of carbonyl (C=O) groups is 2. The molecule has 0 spiro atoms. The first-order valence-electron chi connectivity index (χ1n) is 24.6. The van der Waals surface area contributed by atoms with Gasteiger partial charge in [0.2, 0.25) is 0 Å². The zero-order valence-corrected chi connectivity index (χ0v) is 40.9. The van der Waals surface area contributed by atoms with E-state index in [0.717, 1.165) is 48.8 Å². The number of unbranched alkanes of at least 4 members (excludes halogenated alkanes) is 15. The van der Waals surface area contributed by atoms with Gasteiger partial charge in [-0.25, -0.2) is 9.59 Å². The predicted octanol–water partition coefficient (Wildman–Crippen LogP) is 16.8. The number of hydrogen-bond acceptors (Lipinski definition) is 8. The molecular formula is C58H68ClNO8. The summed E-state index contributed by atoms with van der Waals surface area (Å²) < 4.78 is 23.2. The molecule has 9 nitrogen and oxygen atoms in total. The van der Waals surface area contributed by atoms with Crippen molar-refractivity contribution in [1.29, 1.82) is 0 Å². The van der Waals surface area contributed by atoms with E-state index in [1.54, 1.807) is 79.7 Å². The molecule has 0 heterocycles. The van der Waals surface area contributed by atoms with Gasteiger partial charge < -0.3 is 18.9 Å². The lowest BCUT2D eigenvalue weighted by molar-refractivity contribution is -0.385. The Balaban J connectivity index is 1.06. The van der Waals surface area contributed by atoms with Crippen LogP contribution >= 0.6 is 11.6 Å². The minimum Gasteiger partial charge on any atom is -0.492 e. The number of carbonyl (C=O) groups excluding carboxylic acids is 2. The molecule has 0 bridgehead atoms. The molecule has 0 N–H and O–H groups in total. The second-order valence-electron chi connectivity index (χ2n) is 17.2. The van der Waals surface area contributed by atoms with Crippen LogP contribution in [0.5, 0.6) is 23.0 Å². The fourth-order valence-electron chi connectivity index (χ4n) is 7.63. The average molecular weight is 943 g/mol. The monoisotopic (exact) mass is 941 g/mol. The van der Waals surface area contributed by atoms with Crippen LogP contribution in [0.25, 0.3) is 24.3 Å². The highest BCUT2D eigenvalue weighted by molar-refractivity contribution is 6.32. The third-order valence-corrected chi connectivity index (χ3v) is 12.1. The molecule has 0 aliphatic rings. The zero-order chi connectivity index (χ0) is 48.4. The smallest absolute Gasteiger partial charge is 0.343 e. The fraction of sp³-hybridized carbons (Fsp3) is 0.379. The Morgan fingerprint density at radius 2 is 0.882 bits per heavy atom. The number of hydrogen-bond donors (Lipinski definition) is 0. The van der Waals surface area contributed by atoms with Gasteiger partial charge in [0, 0.05) is 11.6 Å². The van der Waals surface area contributed by atoms with Crippen molar-refractivity contribution in [1.82, 2.24) is 0 Å². The first kappa shape index (κ1) is 52.8. The van der Waals surface area contributed by atoms with E-state index < -0.39 is 16.9 Å². The minimum absolute atomic E-state index is 0.0763. The van der Waals surface area contributed by atoms with Gasteiger partial charge in [0.05, 0.1) is 34.3 Å². The summed E-state index contributed by atoms with van der Waals surface area (Å²) >= 11 is 6.53. The molecule has 0 saturated carbocycles. The summed E-state index contributed by atoms with van der Waals surface area (Å²) in [5.74, 6) is 0.354. The molecule has 5 aromatic rings. The lowest BCUT2D eigenvalue weighted by Gasteiger charge is -2.12. The van der Waals surface area contributed by atoms with E-state index in [9.17, 15) is 19.7 Å². The maximum absolute atomic E-state index is 13.2. The molecule has 68 heavy (non-hydrogen) atoms. The molecule has 0 amide bonds. The van der Waals surface area contributed by atoms with E-state index in [0.29, 0.717) is 46.2 Å². The van der Waals surface area contributed by atoms with Crippen LogP contribution in [0.3, 0.4) is 0 Å². The Hall–Kier alpha value is -6.19. The number of ether oxygens (including phenoxy) is 4. The van der Waals surface area contributed by atoms with Crippen molar-refractivity contribution >= 4 is 53.5 Å². The van der Waals surface area contributed by atoms with Gasteiger partial charge in [0.25, 0.3) is 0 Å². The maximum Gasteiger partial charge on any atom is 0.343 e. The molecular weight excluding hydrogens is 874 g/mol. The Bertz CT molecular complexity index is 2410. The Morgan fingerprint density at radius 1 is 0.500 bits per heavy atom. The van der Waals surface area contributed by atoms with Crippen LogP contribution in [0.15, 0.2) is 103 Å².